The van der Waals surface area contributed by atoms with Crippen LogP contribution in [0.15, 0.2) is 48.5 Å². The normalized spacial score (nSPS) is 9.90. The van der Waals surface area contributed by atoms with Crippen molar-refractivity contribution < 1.29 is 9.18 Å². The molecule has 0 aliphatic carbocycles. The number of rotatable bonds is 2. The highest BCUT2D eigenvalue weighted by atomic mass is 32.1. The highest BCUT2D eigenvalue weighted by molar-refractivity contribution is 7.80. The molecule has 3 nitrogen and oxygen atoms in total. The van der Waals surface area contributed by atoms with E-state index in [2.05, 4.69) is 10.6 Å². The number of halogens is 1. The monoisotopic (exact) mass is 288 g/mol. The van der Waals surface area contributed by atoms with Gasteiger partial charge in [0.2, 0.25) is 0 Å². The van der Waals surface area contributed by atoms with Gasteiger partial charge < -0.3 is 5.32 Å². The fourth-order valence-corrected chi connectivity index (χ4v) is 1.90. The smallest absolute Gasteiger partial charge is 0.257 e. The van der Waals surface area contributed by atoms with Crippen LogP contribution in [0, 0.1) is 12.7 Å². The number of aryl methyl sites for hydroxylation is 1. The molecule has 0 aromatic heterocycles. The molecule has 0 spiro atoms. The maximum Gasteiger partial charge on any atom is 0.257 e. The van der Waals surface area contributed by atoms with E-state index in [0.29, 0.717) is 11.3 Å². The maximum atomic E-state index is 13.0. The highest BCUT2D eigenvalue weighted by Crippen LogP contribution is 2.09. The molecule has 20 heavy (non-hydrogen) atoms. The molecule has 2 N–H and O–H groups in total. The van der Waals surface area contributed by atoms with Gasteiger partial charge >= 0.3 is 0 Å². The van der Waals surface area contributed by atoms with E-state index < -0.39 is 0 Å². The van der Waals surface area contributed by atoms with Crippen LogP contribution in [0.5, 0.6) is 0 Å². The van der Waals surface area contributed by atoms with Gasteiger partial charge in [0.1, 0.15) is 5.82 Å². The molecule has 0 heterocycles. The second kappa shape index (κ2) is 6.25. The van der Waals surface area contributed by atoms with Gasteiger partial charge in [-0.15, -0.1) is 0 Å². The van der Waals surface area contributed by atoms with E-state index in [1.54, 1.807) is 30.3 Å². The quantitative estimate of drug-likeness (QED) is 0.833. The van der Waals surface area contributed by atoms with Gasteiger partial charge in [0, 0.05) is 11.3 Å². The Morgan fingerprint density at radius 3 is 2.60 bits per heavy atom. The standard InChI is InChI=1S/C15H13FN2OS/c1-10-4-2-5-11(8-10)14(19)18-15(20)17-13-7-3-6-12(16)9-13/h2-9H,1H3,(H2,17,18,19,20). The van der Waals surface area contributed by atoms with E-state index in [-0.39, 0.29) is 16.8 Å². The van der Waals surface area contributed by atoms with Gasteiger partial charge in [-0.2, -0.15) is 0 Å². The molecule has 0 fully saturated rings. The number of hydrogen-bond acceptors (Lipinski definition) is 2. The van der Waals surface area contributed by atoms with Crippen LogP contribution in [0.3, 0.4) is 0 Å². The molecule has 1 amide bonds. The first kappa shape index (κ1) is 14.1. The molecule has 2 aromatic rings. The van der Waals surface area contributed by atoms with Gasteiger partial charge in [-0.25, -0.2) is 4.39 Å². The molecular weight excluding hydrogens is 275 g/mol. The summed E-state index contributed by atoms with van der Waals surface area (Å²) in [4.78, 5) is 12.0. The van der Waals surface area contributed by atoms with Gasteiger partial charge in [0.25, 0.3) is 5.91 Å². The first-order valence-electron chi connectivity index (χ1n) is 5.99. The third-order valence-electron chi connectivity index (χ3n) is 2.59. The average molecular weight is 288 g/mol. The van der Waals surface area contributed by atoms with Crippen LogP contribution in [0.4, 0.5) is 10.1 Å². The minimum atomic E-state index is -0.372. The highest BCUT2D eigenvalue weighted by Gasteiger charge is 2.08. The molecule has 2 rings (SSSR count). The molecule has 0 atom stereocenters. The Balaban J connectivity index is 1.99. The molecule has 0 saturated carbocycles. The van der Waals surface area contributed by atoms with Gasteiger partial charge in [-0.05, 0) is 49.5 Å². The predicted octanol–water partition coefficient (Wildman–Crippen LogP) is 3.26. The number of carbonyl (C=O) groups is 1. The van der Waals surface area contributed by atoms with Crippen molar-refractivity contribution in [1.29, 1.82) is 0 Å². The van der Waals surface area contributed by atoms with Crippen molar-refractivity contribution in [3.05, 3.63) is 65.5 Å². The van der Waals surface area contributed by atoms with E-state index in [1.807, 2.05) is 13.0 Å². The zero-order valence-electron chi connectivity index (χ0n) is 10.8. The summed E-state index contributed by atoms with van der Waals surface area (Å²) in [5, 5.41) is 5.43. The van der Waals surface area contributed by atoms with E-state index in [9.17, 15) is 9.18 Å². The first-order valence-corrected chi connectivity index (χ1v) is 6.40. The number of carbonyl (C=O) groups excluding carboxylic acids is 1. The Labute approximate surface area is 121 Å². The van der Waals surface area contributed by atoms with E-state index in [4.69, 9.17) is 12.2 Å². The second-order valence-corrected chi connectivity index (χ2v) is 4.70. The van der Waals surface area contributed by atoms with Gasteiger partial charge in [0.15, 0.2) is 5.11 Å². The van der Waals surface area contributed by atoms with Crippen molar-refractivity contribution in [3.63, 3.8) is 0 Å². The zero-order chi connectivity index (χ0) is 14.5. The molecule has 5 heteroatoms. The van der Waals surface area contributed by atoms with E-state index in [0.717, 1.165) is 5.56 Å². The largest absolute Gasteiger partial charge is 0.332 e. The Hall–Kier alpha value is -2.27. The molecule has 0 radical (unpaired) electrons. The van der Waals surface area contributed by atoms with Gasteiger partial charge in [-0.3, -0.25) is 10.1 Å². The molecule has 0 saturated heterocycles. The van der Waals surface area contributed by atoms with Crippen LogP contribution in [0.1, 0.15) is 15.9 Å². The predicted molar refractivity (Wildman–Crippen MR) is 81.3 cm³/mol. The number of benzene rings is 2. The Morgan fingerprint density at radius 2 is 1.90 bits per heavy atom. The van der Waals surface area contributed by atoms with Crippen LogP contribution in [0.2, 0.25) is 0 Å². The number of thiocarbonyl (C=S) groups is 1. The van der Waals surface area contributed by atoms with Crippen LogP contribution in [0.25, 0.3) is 0 Å². The first-order chi connectivity index (χ1) is 9.54. The molecular formula is C15H13FN2OS. The topological polar surface area (TPSA) is 41.1 Å². The molecule has 0 aliphatic heterocycles. The van der Waals surface area contributed by atoms with Crippen molar-refractivity contribution in [2.75, 3.05) is 5.32 Å². The summed E-state index contributed by atoms with van der Waals surface area (Å²) in [6, 6.07) is 13.0. The summed E-state index contributed by atoms with van der Waals surface area (Å²) in [6.07, 6.45) is 0. The van der Waals surface area contributed by atoms with E-state index in [1.165, 1.54) is 12.1 Å². The fourth-order valence-electron chi connectivity index (χ4n) is 1.69. The fraction of sp³-hybridized carbons (Fsp3) is 0.0667. The Bertz CT molecular complexity index is 658. The lowest BCUT2D eigenvalue weighted by atomic mass is 10.1. The summed E-state index contributed by atoms with van der Waals surface area (Å²) in [5.41, 5.74) is 1.99. The maximum absolute atomic E-state index is 13.0. The zero-order valence-corrected chi connectivity index (χ0v) is 11.6. The summed E-state index contributed by atoms with van der Waals surface area (Å²) in [6.45, 7) is 1.90. The minimum absolute atomic E-state index is 0.127. The third kappa shape index (κ3) is 3.86. The summed E-state index contributed by atoms with van der Waals surface area (Å²) < 4.78 is 13.0. The lowest BCUT2D eigenvalue weighted by molar-refractivity contribution is 0.0977. The van der Waals surface area contributed by atoms with Crippen molar-refractivity contribution in [3.8, 4) is 0 Å². The van der Waals surface area contributed by atoms with Gasteiger partial charge in [-0.1, -0.05) is 23.8 Å². The molecule has 0 bridgehead atoms. The Kier molecular flexibility index (Phi) is 4.42. The summed E-state index contributed by atoms with van der Waals surface area (Å²) in [7, 11) is 0. The number of anilines is 1. The van der Waals surface area contributed by atoms with Crippen LogP contribution >= 0.6 is 12.2 Å². The van der Waals surface area contributed by atoms with Crippen molar-refractivity contribution in [1.82, 2.24) is 5.32 Å². The third-order valence-corrected chi connectivity index (χ3v) is 2.79. The van der Waals surface area contributed by atoms with Crippen molar-refractivity contribution in [2.24, 2.45) is 0 Å². The minimum Gasteiger partial charge on any atom is -0.332 e. The molecule has 102 valence electrons. The number of amides is 1. The lowest BCUT2D eigenvalue weighted by Crippen LogP contribution is -2.34. The van der Waals surface area contributed by atoms with E-state index >= 15 is 0 Å². The SMILES string of the molecule is Cc1cccc(C(=O)NC(=S)Nc2cccc(F)c2)c1. The summed E-state index contributed by atoms with van der Waals surface area (Å²) in [5.74, 6) is -0.676. The second-order valence-electron chi connectivity index (χ2n) is 4.29. The van der Waals surface area contributed by atoms with Crippen molar-refractivity contribution in [2.45, 2.75) is 6.92 Å². The lowest BCUT2D eigenvalue weighted by Gasteiger charge is -2.09. The summed E-state index contributed by atoms with van der Waals surface area (Å²) >= 11 is 5.02. The van der Waals surface area contributed by atoms with Crippen LogP contribution in [-0.2, 0) is 0 Å². The number of nitrogens with one attached hydrogen (secondary N) is 2. The van der Waals surface area contributed by atoms with Crippen molar-refractivity contribution >= 4 is 28.9 Å². The molecule has 0 aliphatic rings. The Morgan fingerprint density at radius 1 is 1.15 bits per heavy atom. The van der Waals surface area contributed by atoms with Crippen LogP contribution in [-0.4, -0.2) is 11.0 Å². The molecule has 0 unspecified atom stereocenters. The number of hydrogen-bond donors (Lipinski definition) is 2. The molecule has 2 aromatic carbocycles. The average Bonchev–Trinajstić information content (AvgIpc) is 2.38. The van der Waals surface area contributed by atoms with Gasteiger partial charge in [0.05, 0.1) is 0 Å². The van der Waals surface area contributed by atoms with Crippen LogP contribution < -0.4 is 10.6 Å².